The van der Waals surface area contributed by atoms with Crippen molar-refractivity contribution in [1.29, 1.82) is 0 Å². The number of hydrogen-bond donors (Lipinski definition) is 1. The van der Waals surface area contributed by atoms with Crippen molar-refractivity contribution in [3.05, 3.63) is 69.6 Å². The van der Waals surface area contributed by atoms with Crippen LogP contribution in [0.1, 0.15) is 53.6 Å². The van der Waals surface area contributed by atoms with Gasteiger partial charge < -0.3 is 14.2 Å². The molecule has 3 aromatic rings. The molecule has 0 aliphatic carbocycles. The molecule has 2 aliphatic rings. The van der Waals surface area contributed by atoms with Crippen LogP contribution in [0.3, 0.4) is 0 Å². The van der Waals surface area contributed by atoms with Crippen molar-refractivity contribution in [1.82, 2.24) is 19.4 Å². The second-order valence-corrected chi connectivity index (χ2v) is 11.8. The number of fused-ring (bicyclic) bond motifs is 3. The second-order valence-electron chi connectivity index (χ2n) is 9.74. The Balaban J connectivity index is 1.44. The van der Waals surface area contributed by atoms with Crippen molar-refractivity contribution in [3.8, 4) is 5.75 Å². The fourth-order valence-electron chi connectivity index (χ4n) is 5.17. The third-order valence-corrected chi connectivity index (χ3v) is 7.68. The predicted octanol–water partition coefficient (Wildman–Crippen LogP) is 4.03. The number of anilines is 1. The van der Waals surface area contributed by atoms with Crippen LogP contribution in [0.25, 0.3) is 0 Å². The van der Waals surface area contributed by atoms with E-state index < -0.39 is 16.1 Å². The first-order valence-electron chi connectivity index (χ1n) is 12.5. The van der Waals surface area contributed by atoms with Crippen molar-refractivity contribution in [2.45, 2.75) is 51.6 Å². The minimum Gasteiger partial charge on any atom is -0.481 e. The molecule has 0 saturated heterocycles. The van der Waals surface area contributed by atoms with Gasteiger partial charge in [-0.05, 0) is 43.5 Å². The Kier molecular flexibility index (Phi) is 7.32. The van der Waals surface area contributed by atoms with Gasteiger partial charge >= 0.3 is 0 Å². The Morgan fingerprint density at radius 3 is 2.71 bits per heavy atom. The van der Waals surface area contributed by atoms with Crippen molar-refractivity contribution < 1.29 is 22.3 Å². The molecule has 1 unspecified atom stereocenters. The van der Waals surface area contributed by atoms with Gasteiger partial charge in [0.1, 0.15) is 23.5 Å². The number of aromatic nitrogens is 3. The number of amides is 1. The largest absolute Gasteiger partial charge is 0.481 e. The molecule has 0 fully saturated rings. The molecule has 4 heterocycles. The lowest BCUT2D eigenvalue weighted by Crippen LogP contribution is -2.44. The highest BCUT2D eigenvalue weighted by Gasteiger charge is 2.38. The van der Waals surface area contributed by atoms with Crippen LogP contribution in [-0.2, 0) is 34.2 Å². The number of halogens is 2. The summed E-state index contributed by atoms with van der Waals surface area (Å²) >= 11 is 6.18. The van der Waals surface area contributed by atoms with E-state index in [0.29, 0.717) is 18.5 Å². The predicted molar refractivity (Wildman–Crippen MR) is 141 cm³/mol. The summed E-state index contributed by atoms with van der Waals surface area (Å²) in [6.45, 7) is 2.64. The summed E-state index contributed by atoms with van der Waals surface area (Å²) in [6, 6.07) is 7.29. The van der Waals surface area contributed by atoms with E-state index in [1.54, 1.807) is 11.0 Å². The molecule has 0 radical (unpaired) electrons. The number of carbonyl (C=O) groups excluding carboxylic acids is 1. The first-order valence-corrected chi connectivity index (χ1v) is 14.8. The van der Waals surface area contributed by atoms with Crippen LogP contribution in [-0.4, -0.2) is 53.2 Å². The van der Waals surface area contributed by atoms with Gasteiger partial charge in [0.05, 0.1) is 17.6 Å². The number of sulfonamides is 1. The summed E-state index contributed by atoms with van der Waals surface area (Å²) in [4.78, 5) is 24.1. The summed E-state index contributed by atoms with van der Waals surface area (Å²) in [5.74, 6) is 0.464. The summed E-state index contributed by atoms with van der Waals surface area (Å²) in [6.07, 6.45) is 5.60. The summed E-state index contributed by atoms with van der Waals surface area (Å²) in [5.41, 5.74) is 3.01. The molecule has 0 bridgehead atoms. The standard InChI is InChI=1S/C26H29ClFN5O4S/c1-16-7-8-17(18(28)14-16)24-25-19(29-22-6-4-3-5-12-32(22)25)11-13-33(24)23(34)15-37-20-9-10-21(30-26(20)27)31-38(2,35)36/h7-10,14,24H,3-6,11-13,15H2,1-2H3,(H,30,31). The fraction of sp³-hybridized carbons (Fsp3) is 0.423. The van der Waals surface area contributed by atoms with E-state index in [-0.39, 0.29) is 35.1 Å². The van der Waals surface area contributed by atoms with Crippen LogP contribution in [0.4, 0.5) is 10.2 Å². The van der Waals surface area contributed by atoms with Crippen molar-refractivity contribution in [3.63, 3.8) is 0 Å². The monoisotopic (exact) mass is 561 g/mol. The zero-order valence-electron chi connectivity index (χ0n) is 21.2. The molecule has 5 rings (SSSR count). The summed E-state index contributed by atoms with van der Waals surface area (Å²) < 4.78 is 48.4. The first kappa shape index (κ1) is 26.4. The molecule has 0 saturated carbocycles. The average molecular weight is 562 g/mol. The lowest BCUT2D eigenvalue weighted by atomic mass is 9.94. The number of ether oxygens (including phenoxy) is 1. The molecule has 2 aromatic heterocycles. The Labute approximate surface area is 226 Å². The van der Waals surface area contributed by atoms with Gasteiger partial charge in [0.25, 0.3) is 5.91 Å². The van der Waals surface area contributed by atoms with Gasteiger partial charge in [-0.15, -0.1) is 0 Å². The SMILES string of the molecule is Cc1ccc(C2c3c(nc4n3CCCCC4)CCN2C(=O)COc2ccc(NS(C)(=O)=O)nc2Cl)c(F)c1. The van der Waals surface area contributed by atoms with E-state index in [1.807, 2.05) is 13.0 Å². The molecule has 1 amide bonds. The first-order chi connectivity index (χ1) is 18.1. The number of carbonyl (C=O) groups is 1. The second kappa shape index (κ2) is 10.5. The molecular weight excluding hydrogens is 533 g/mol. The quantitative estimate of drug-likeness (QED) is 0.455. The highest BCUT2D eigenvalue weighted by Crippen LogP contribution is 2.38. The lowest BCUT2D eigenvalue weighted by Gasteiger charge is -2.37. The normalized spacial score (nSPS) is 17.4. The molecular formula is C26H29ClFN5O4S. The van der Waals surface area contributed by atoms with Crippen LogP contribution < -0.4 is 9.46 Å². The highest BCUT2D eigenvalue weighted by molar-refractivity contribution is 7.92. The highest BCUT2D eigenvalue weighted by atomic mass is 35.5. The number of hydrogen-bond acceptors (Lipinski definition) is 6. The maximum absolute atomic E-state index is 15.4. The minimum atomic E-state index is -3.52. The van der Waals surface area contributed by atoms with E-state index in [4.69, 9.17) is 21.3 Å². The van der Waals surface area contributed by atoms with Gasteiger partial charge in [-0.25, -0.2) is 22.8 Å². The van der Waals surface area contributed by atoms with Gasteiger partial charge in [0.15, 0.2) is 17.5 Å². The van der Waals surface area contributed by atoms with Gasteiger partial charge in [-0.1, -0.05) is 30.2 Å². The smallest absolute Gasteiger partial charge is 0.261 e. The van der Waals surface area contributed by atoms with Crippen LogP contribution in [0.5, 0.6) is 5.75 Å². The van der Waals surface area contributed by atoms with Gasteiger partial charge in [0, 0.05) is 31.5 Å². The molecule has 0 spiro atoms. The number of pyridine rings is 1. The third-order valence-electron chi connectivity index (χ3n) is 6.83. The number of imidazole rings is 1. The Bertz CT molecular complexity index is 1490. The molecule has 1 atom stereocenters. The number of aryl methyl sites for hydroxylation is 2. The van der Waals surface area contributed by atoms with Crippen molar-refractivity contribution >= 4 is 33.3 Å². The van der Waals surface area contributed by atoms with Crippen molar-refractivity contribution in [2.75, 3.05) is 24.1 Å². The zero-order valence-corrected chi connectivity index (χ0v) is 22.8. The van der Waals surface area contributed by atoms with Crippen LogP contribution in [0.2, 0.25) is 5.15 Å². The molecule has 38 heavy (non-hydrogen) atoms. The van der Waals surface area contributed by atoms with E-state index in [2.05, 4.69) is 14.3 Å². The maximum atomic E-state index is 15.4. The molecule has 202 valence electrons. The Hall–Kier alpha value is -3.18. The molecule has 2 aliphatic heterocycles. The van der Waals surface area contributed by atoms with E-state index in [0.717, 1.165) is 61.3 Å². The summed E-state index contributed by atoms with van der Waals surface area (Å²) in [7, 11) is -3.52. The lowest BCUT2D eigenvalue weighted by molar-refractivity contribution is -0.135. The van der Waals surface area contributed by atoms with Gasteiger partial charge in [0.2, 0.25) is 10.0 Å². The Morgan fingerprint density at radius 1 is 1.16 bits per heavy atom. The van der Waals surface area contributed by atoms with Crippen LogP contribution in [0.15, 0.2) is 30.3 Å². The number of rotatable bonds is 6. The molecule has 12 heteroatoms. The molecule has 1 N–H and O–H groups in total. The van der Waals surface area contributed by atoms with E-state index >= 15 is 4.39 Å². The molecule has 9 nitrogen and oxygen atoms in total. The topological polar surface area (TPSA) is 106 Å². The maximum Gasteiger partial charge on any atom is 0.261 e. The number of nitrogens with one attached hydrogen (secondary N) is 1. The number of benzene rings is 1. The summed E-state index contributed by atoms with van der Waals surface area (Å²) in [5, 5.41) is -0.0883. The van der Waals surface area contributed by atoms with E-state index in [1.165, 1.54) is 18.2 Å². The minimum absolute atomic E-state index is 0.0380. The average Bonchev–Trinajstić information content (AvgIpc) is 3.03. The van der Waals surface area contributed by atoms with E-state index in [9.17, 15) is 13.2 Å². The van der Waals surface area contributed by atoms with Crippen molar-refractivity contribution in [2.24, 2.45) is 0 Å². The van der Waals surface area contributed by atoms with Crippen LogP contribution in [0, 0.1) is 12.7 Å². The fourth-order valence-corrected chi connectivity index (χ4v) is 5.87. The number of nitrogens with zero attached hydrogens (tertiary/aromatic N) is 4. The molecule has 1 aromatic carbocycles. The van der Waals surface area contributed by atoms with Gasteiger partial charge in [-0.2, -0.15) is 0 Å². The van der Waals surface area contributed by atoms with Gasteiger partial charge in [-0.3, -0.25) is 9.52 Å². The zero-order chi connectivity index (χ0) is 27.0. The third kappa shape index (κ3) is 5.49. The van der Waals surface area contributed by atoms with Crippen LogP contribution >= 0.6 is 11.6 Å². The Morgan fingerprint density at radius 2 is 1.97 bits per heavy atom.